The predicted molar refractivity (Wildman–Crippen MR) is 118 cm³/mol. The molecule has 0 bridgehead atoms. The van der Waals surface area contributed by atoms with Crippen molar-refractivity contribution in [3.05, 3.63) is 30.4 Å². The lowest BCUT2D eigenvalue weighted by Gasteiger charge is -2.32. The first-order valence-electron chi connectivity index (χ1n) is 10.3. The second kappa shape index (κ2) is 7.79. The van der Waals surface area contributed by atoms with Crippen molar-refractivity contribution in [3.63, 3.8) is 0 Å². The van der Waals surface area contributed by atoms with Crippen molar-refractivity contribution in [2.75, 3.05) is 19.7 Å². The summed E-state index contributed by atoms with van der Waals surface area (Å²) in [7, 11) is -1.09. The summed E-state index contributed by atoms with van der Waals surface area (Å²) in [5, 5.41) is 7.64. The third-order valence-corrected chi connectivity index (χ3v) is 7.46. The number of likely N-dealkylation sites (tertiary alicyclic amines) is 1. The van der Waals surface area contributed by atoms with Gasteiger partial charge in [-0.05, 0) is 25.0 Å². The lowest BCUT2D eigenvalue weighted by Crippen LogP contribution is -2.41. The molecule has 1 aliphatic rings. The lowest BCUT2D eigenvalue weighted by molar-refractivity contribution is 0.0899. The van der Waals surface area contributed by atoms with E-state index in [9.17, 15) is 0 Å². The third kappa shape index (κ3) is 4.15. The number of piperidine rings is 1. The number of nitrogens with two attached hydrogens (primary N) is 1. The maximum atomic E-state index is 7.64. The average molecular weight is 414 g/mol. The van der Waals surface area contributed by atoms with Gasteiger partial charge in [0.15, 0.2) is 17.3 Å². The molecule has 4 heterocycles. The van der Waals surface area contributed by atoms with Gasteiger partial charge in [0.2, 0.25) is 0 Å². The zero-order valence-electron chi connectivity index (χ0n) is 17.6. The topological polar surface area (TPSA) is 97.5 Å². The Labute approximate surface area is 172 Å². The van der Waals surface area contributed by atoms with Gasteiger partial charge >= 0.3 is 0 Å². The Morgan fingerprint density at radius 2 is 2.00 bits per heavy atom. The van der Waals surface area contributed by atoms with E-state index < -0.39 is 8.07 Å². The Morgan fingerprint density at radius 3 is 2.69 bits per heavy atom. The molecule has 1 aliphatic heterocycles. The Balaban J connectivity index is 1.56. The van der Waals surface area contributed by atoms with Crippen LogP contribution in [0.4, 0.5) is 0 Å². The van der Waals surface area contributed by atoms with Crippen LogP contribution in [0.1, 0.15) is 24.5 Å². The largest absolute Gasteiger partial charge is 0.370 e. The standard InChI is InChI=1S/C20H31N7OSi/c1-29(2,3)11-10-28-14-26-9-6-16-19(26)24-13-18-23-12-17(27(16)18)15-4-7-25(8-5-15)20(21)22/h6,9,12-13,15H,4-5,7-8,10-11,14H2,1-3H3,(H3,21,22). The third-order valence-electron chi connectivity index (χ3n) is 5.75. The summed E-state index contributed by atoms with van der Waals surface area (Å²) < 4.78 is 10.2. The van der Waals surface area contributed by atoms with Gasteiger partial charge in [-0.15, -0.1) is 0 Å². The first-order valence-corrected chi connectivity index (χ1v) is 14.0. The van der Waals surface area contributed by atoms with Crippen LogP contribution >= 0.6 is 0 Å². The fourth-order valence-electron chi connectivity index (χ4n) is 3.97. The molecule has 0 spiro atoms. The minimum atomic E-state index is -1.09. The summed E-state index contributed by atoms with van der Waals surface area (Å²) in [6.07, 6.45) is 7.81. The van der Waals surface area contributed by atoms with Crippen molar-refractivity contribution in [3.8, 4) is 0 Å². The van der Waals surface area contributed by atoms with E-state index in [1.54, 1.807) is 0 Å². The molecule has 4 rings (SSSR count). The van der Waals surface area contributed by atoms with E-state index in [2.05, 4.69) is 44.6 Å². The molecule has 156 valence electrons. The van der Waals surface area contributed by atoms with E-state index >= 15 is 0 Å². The minimum absolute atomic E-state index is 0.166. The minimum Gasteiger partial charge on any atom is -0.370 e. The van der Waals surface area contributed by atoms with Gasteiger partial charge in [0.1, 0.15) is 6.73 Å². The van der Waals surface area contributed by atoms with Crippen LogP contribution in [0, 0.1) is 5.41 Å². The molecule has 0 amide bonds. The normalized spacial score (nSPS) is 16.2. The second-order valence-corrected chi connectivity index (χ2v) is 14.7. The van der Waals surface area contributed by atoms with Crippen LogP contribution in [0.5, 0.6) is 0 Å². The average Bonchev–Trinajstić information content (AvgIpc) is 3.28. The Morgan fingerprint density at radius 1 is 1.24 bits per heavy atom. The fraction of sp³-hybridized carbons (Fsp3) is 0.550. The molecule has 1 fully saturated rings. The van der Waals surface area contributed by atoms with Crippen LogP contribution < -0.4 is 5.73 Å². The van der Waals surface area contributed by atoms with E-state index in [1.165, 1.54) is 5.69 Å². The van der Waals surface area contributed by atoms with Crippen molar-refractivity contribution >= 4 is 30.8 Å². The van der Waals surface area contributed by atoms with Crippen molar-refractivity contribution in [2.45, 2.75) is 51.2 Å². The van der Waals surface area contributed by atoms with Crippen LogP contribution in [-0.2, 0) is 11.5 Å². The molecule has 3 N–H and O–H groups in total. The van der Waals surface area contributed by atoms with Crippen molar-refractivity contribution in [2.24, 2.45) is 5.73 Å². The Bertz CT molecular complexity index is 1010. The number of hydrogen-bond donors (Lipinski definition) is 2. The quantitative estimate of drug-likeness (QED) is 0.280. The number of hydrogen-bond acceptors (Lipinski definition) is 4. The second-order valence-electron chi connectivity index (χ2n) is 9.12. The maximum absolute atomic E-state index is 7.64. The highest BCUT2D eigenvalue weighted by Crippen LogP contribution is 2.30. The number of guanidine groups is 1. The number of ether oxygens (including phenoxy) is 1. The maximum Gasteiger partial charge on any atom is 0.188 e. The van der Waals surface area contributed by atoms with Crippen molar-refractivity contribution < 1.29 is 4.74 Å². The van der Waals surface area contributed by atoms with Crippen LogP contribution in [-0.4, -0.2) is 57.6 Å². The molecule has 1 saturated heterocycles. The van der Waals surface area contributed by atoms with E-state index in [0.717, 1.165) is 55.4 Å². The smallest absolute Gasteiger partial charge is 0.188 e. The van der Waals surface area contributed by atoms with E-state index in [4.69, 9.17) is 15.9 Å². The van der Waals surface area contributed by atoms with Gasteiger partial charge in [-0.25, -0.2) is 9.97 Å². The van der Waals surface area contributed by atoms with Crippen molar-refractivity contribution in [1.29, 1.82) is 5.41 Å². The summed E-state index contributed by atoms with van der Waals surface area (Å²) in [5.74, 6) is 0.571. The highest BCUT2D eigenvalue weighted by atomic mass is 28.3. The highest BCUT2D eigenvalue weighted by Gasteiger charge is 2.25. The monoisotopic (exact) mass is 413 g/mol. The SMILES string of the molecule is C[Si](C)(C)CCOCn1ccc2c1ncc1ncc(C3CCN(C(=N)N)CC3)n12. The van der Waals surface area contributed by atoms with Gasteiger partial charge in [-0.2, -0.15) is 0 Å². The molecular weight excluding hydrogens is 382 g/mol. The first-order chi connectivity index (χ1) is 13.8. The number of aromatic nitrogens is 4. The molecule has 0 radical (unpaired) electrons. The van der Waals surface area contributed by atoms with E-state index in [-0.39, 0.29) is 5.96 Å². The zero-order chi connectivity index (χ0) is 20.6. The molecule has 9 heteroatoms. The molecule has 0 atom stereocenters. The molecule has 3 aromatic rings. The molecule has 0 aromatic carbocycles. The van der Waals surface area contributed by atoms with Gasteiger partial charge in [0.25, 0.3) is 0 Å². The van der Waals surface area contributed by atoms with E-state index in [1.807, 2.05) is 23.5 Å². The van der Waals surface area contributed by atoms with Gasteiger partial charge in [-0.3, -0.25) is 9.81 Å². The summed E-state index contributed by atoms with van der Waals surface area (Å²) in [6.45, 7) is 10.0. The lowest BCUT2D eigenvalue weighted by atomic mass is 9.94. The molecule has 8 nitrogen and oxygen atoms in total. The van der Waals surface area contributed by atoms with Crippen LogP contribution in [0.3, 0.4) is 0 Å². The molecule has 0 aliphatic carbocycles. The van der Waals surface area contributed by atoms with Crippen LogP contribution in [0.25, 0.3) is 16.8 Å². The Kier molecular flexibility index (Phi) is 5.35. The Hall–Kier alpha value is -2.39. The number of nitrogens with zero attached hydrogens (tertiary/aromatic N) is 5. The molecule has 0 saturated carbocycles. The highest BCUT2D eigenvalue weighted by molar-refractivity contribution is 6.76. The van der Waals surface area contributed by atoms with E-state index in [0.29, 0.717) is 12.6 Å². The predicted octanol–water partition coefficient (Wildman–Crippen LogP) is 3.07. The molecule has 29 heavy (non-hydrogen) atoms. The summed E-state index contributed by atoms with van der Waals surface area (Å²) >= 11 is 0. The van der Waals surface area contributed by atoms with Crippen molar-refractivity contribution in [1.82, 2.24) is 23.8 Å². The summed E-state index contributed by atoms with van der Waals surface area (Å²) in [5.41, 5.74) is 9.72. The number of rotatable bonds is 6. The number of nitrogens with one attached hydrogen (secondary N) is 1. The van der Waals surface area contributed by atoms with Gasteiger partial charge in [0, 0.05) is 51.8 Å². The van der Waals surface area contributed by atoms with Gasteiger partial charge in [0.05, 0.1) is 11.7 Å². The fourth-order valence-corrected chi connectivity index (χ4v) is 4.73. The molecule has 0 unspecified atom stereocenters. The van der Waals surface area contributed by atoms with Crippen LogP contribution in [0.15, 0.2) is 24.7 Å². The van der Waals surface area contributed by atoms with Crippen LogP contribution in [0.2, 0.25) is 25.7 Å². The van der Waals surface area contributed by atoms with Gasteiger partial charge < -0.3 is 19.9 Å². The van der Waals surface area contributed by atoms with Gasteiger partial charge in [-0.1, -0.05) is 19.6 Å². The molecular formula is C20H31N7OSi. The number of imidazole rings is 1. The molecule has 3 aromatic heterocycles. The summed E-state index contributed by atoms with van der Waals surface area (Å²) in [4.78, 5) is 11.2. The first kappa shape index (κ1) is 19.9. The zero-order valence-corrected chi connectivity index (χ0v) is 18.6. The summed E-state index contributed by atoms with van der Waals surface area (Å²) in [6, 6.07) is 3.27. The number of fused-ring (bicyclic) bond motifs is 3.